The Balaban J connectivity index is 1.49. The Labute approximate surface area is 195 Å². The van der Waals surface area contributed by atoms with Crippen LogP contribution in [-0.4, -0.2) is 31.4 Å². The van der Waals surface area contributed by atoms with Crippen LogP contribution >= 0.6 is 11.3 Å². The zero-order chi connectivity index (χ0) is 22.9. The Morgan fingerprint density at radius 3 is 2.76 bits per heavy atom. The number of aryl methyl sites for hydroxylation is 1. The Bertz CT molecular complexity index is 1330. The zero-order valence-corrected chi connectivity index (χ0v) is 19.2. The maximum absolute atomic E-state index is 12.8. The number of carbonyl (C=O) groups is 2. The van der Waals surface area contributed by atoms with E-state index in [0.717, 1.165) is 52.5 Å². The van der Waals surface area contributed by atoms with Gasteiger partial charge in [-0.2, -0.15) is 0 Å². The van der Waals surface area contributed by atoms with Gasteiger partial charge in [-0.3, -0.25) is 9.78 Å². The number of carboxylic acid groups (broad SMARTS) is 1. The smallest absolute Gasteiger partial charge is 0.335 e. The van der Waals surface area contributed by atoms with Crippen LogP contribution in [0.5, 0.6) is 0 Å². The molecule has 1 fully saturated rings. The normalized spacial score (nSPS) is 18.5. The van der Waals surface area contributed by atoms with E-state index in [1.54, 1.807) is 29.7 Å². The molecule has 168 valence electrons. The number of hydrogen-bond donors (Lipinski definition) is 1. The van der Waals surface area contributed by atoms with Crippen LogP contribution in [-0.2, 0) is 0 Å². The molecule has 1 N–H and O–H groups in total. The molecule has 3 aromatic heterocycles. The number of fused-ring (bicyclic) bond motifs is 1. The van der Waals surface area contributed by atoms with Crippen molar-refractivity contribution in [3.05, 3.63) is 70.0 Å². The molecule has 0 bridgehead atoms. The maximum Gasteiger partial charge on any atom is 0.335 e. The van der Waals surface area contributed by atoms with E-state index >= 15 is 0 Å². The van der Waals surface area contributed by atoms with E-state index in [-0.39, 0.29) is 17.4 Å². The second kappa shape index (κ2) is 8.90. The number of carboxylic acids is 1. The van der Waals surface area contributed by atoms with E-state index in [2.05, 4.69) is 9.55 Å². The minimum Gasteiger partial charge on any atom is -0.478 e. The summed E-state index contributed by atoms with van der Waals surface area (Å²) in [6, 6.07) is 15.0. The van der Waals surface area contributed by atoms with Gasteiger partial charge in [-0.15, -0.1) is 11.3 Å². The van der Waals surface area contributed by atoms with Gasteiger partial charge in [0, 0.05) is 23.5 Å². The third-order valence-corrected chi connectivity index (χ3v) is 7.48. The minimum atomic E-state index is -0.967. The third-order valence-electron chi connectivity index (χ3n) is 6.44. The molecule has 2 atom stereocenters. The van der Waals surface area contributed by atoms with E-state index < -0.39 is 5.97 Å². The van der Waals surface area contributed by atoms with Crippen molar-refractivity contribution in [3.63, 3.8) is 0 Å². The number of Topliss-reactive ketones (excluding diaryl/α,β-unsaturated/α-hetero) is 1. The molecule has 0 spiro atoms. The first-order valence-electron chi connectivity index (χ1n) is 11.3. The molecule has 1 aromatic carbocycles. The van der Waals surface area contributed by atoms with Crippen LogP contribution < -0.4 is 0 Å². The quantitative estimate of drug-likeness (QED) is 0.349. The first-order valence-corrected chi connectivity index (χ1v) is 12.1. The summed E-state index contributed by atoms with van der Waals surface area (Å²) < 4.78 is 2.22. The lowest BCUT2D eigenvalue weighted by molar-refractivity contribution is 0.0696. The predicted molar refractivity (Wildman–Crippen MR) is 129 cm³/mol. The number of imidazole rings is 1. The summed E-state index contributed by atoms with van der Waals surface area (Å²) in [6.07, 6.45) is 6.27. The van der Waals surface area contributed by atoms with Gasteiger partial charge in [-0.05, 0) is 74.6 Å². The summed E-state index contributed by atoms with van der Waals surface area (Å²) in [5.74, 6) is 0.321. The molecule has 7 heteroatoms. The van der Waals surface area contributed by atoms with Crippen LogP contribution in [0.4, 0.5) is 0 Å². The summed E-state index contributed by atoms with van der Waals surface area (Å²) in [7, 11) is 0. The van der Waals surface area contributed by atoms with E-state index in [0.29, 0.717) is 17.9 Å². The molecule has 4 aromatic rings. The van der Waals surface area contributed by atoms with Crippen molar-refractivity contribution in [2.75, 3.05) is 0 Å². The van der Waals surface area contributed by atoms with E-state index in [4.69, 9.17) is 4.98 Å². The van der Waals surface area contributed by atoms with Crippen molar-refractivity contribution >= 4 is 34.1 Å². The first kappa shape index (κ1) is 21.5. The summed E-state index contributed by atoms with van der Waals surface area (Å²) in [4.78, 5) is 35.7. The van der Waals surface area contributed by atoms with E-state index in [9.17, 15) is 14.7 Å². The van der Waals surface area contributed by atoms with E-state index in [1.165, 1.54) is 0 Å². The van der Waals surface area contributed by atoms with Crippen LogP contribution in [0, 0.1) is 12.8 Å². The van der Waals surface area contributed by atoms with E-state index in [1.807, 2.05) is 43.3 Å². The molecule has 3 heterocycles. The van der Waals surface area contributed by atoms with Crippen molar-refractivity contribution in [2.24, 2.45) is 5.92 Å². The monoisotopic (exact) mass is 459 g/mol. The molecule has 0 unspecified atom stereocenters. The molecule has 1 aliphatic carbocycles. The van der Waals surface area contributed by atoms with Crippen LogP contribution in [0.15, 0.2) is 54.7 Å². The fourth-order valence-electron chi connectivity index (χ4n) is 4.91. The molecule has 1 aliphatic rings. The fourth-order valence-corrected chi connectivity index (χ4v) is 5.72. The Morgan fingerprint density at radius 1 is 1.15 bits per heavy atom. The number of pyridine rings is 1. The molecule has 0 saturated heterocycles. The number of benzene rings is 1. The Morgan fingerprint density at radius 2 is 2.03 bits per heavy atom. The van der Waals surface area contributed by atoms with Gasteiger partial charge in [-0.1, -0.05) is 12.5 Å². The Hall–Kier alpha value is -3.32. The standard InChI is InChI=1S/C26H25N3O3S/c1-16-8-11-24(33-16)23(30)14-17-5-4-6-19(13-17)29-22-10-9-18(26(31)32)15-21(22)28-25(29)20-7-2-3-12-27-20/h2-3,7-12,15,17,19H,4-6,13-14H2,1H3,(H,31,32)/t17-,19+/m0/s1. The third kappa shape index (κ3) is 4.33. The molecular weight excluding hydrogens is 434 g/mol. The predicted octanol–water partition coefficient (Wildman–Crippen LogP) is 6.17. The van der Waals surface area contributed by atoms with Crippen molar-refractivity contribution in [1.82, 2.24) is 14.5 Å². The van der Waals surface area contributed by atoms with Crippen LogP contribution in [0.3, 0.4) is 0 Å². The van der Waals surface area contributed by atoms with Crippen molar-refractivity contribution in [2.45, 2.75) is 45.1 Å². The lowest BCUT2D eigenvalue weighted by Crippen LogP contribution is -2.22. The molecule has 33 heavy (non-hydrogen) atoms. The van der Waals surface area contributed by atoms with Gasteiger partial charge < -0.3 is 9.67 Å². The van der Waals surface area contributed by atoms with Gasteiger partial charge in [-0.25, -0.2) is 9.78 Å². The molecule has 5 rings (SSSR count). The lowest BCUT2D eigenvalue weighted by Gasteiger charge is -2.31. The lowest BCUT2D eigenvalue weighted by atomic mass is 9.82. The number of thiophene rings is 1. The average molecular weight is 460 g/mol. The van der Waals surface area contributed by atoms with Crippen LogP contribution in [0.2, 0.25) is 0 Å². The molecule has 6 nitrogen and oxygen atoms in total. The molecule has 0 amide bonds. The summed E-state index contributed by atoms with van der Waals surface area (Å²) in [6.45, 7) is 2.02. The average Bonchev–Trinajstić information content (AvgIpc) is 3.43. The number of aromatic carboxylic acids is 1. The highest BCUT2D eigenvalue weighted by Gasteiger charge is 2.29. The van der Waals surface area contributed by atoms with Gasteiger partial charge in [0.15, 0.2) is 11.6 Å². The molecule has 0 aliphatic heterocycles. The molecular formula is C26H25N3O3S. The second-order valence-corrected chi connectivity index (χ2v) is 10.0. The van der Waals surface area contributed by atoms with Crippen molar-refractivity contribution in [1.29, 1.82) is 0 Å². The van der Waals surface area contributed by atoms with Gasteiger partial charge in [0.05, 0.1) is 21.5 Å². The minimum absolute atomic E-state index is 0.180. The van der Waals surface area contributed by atoms with Crippen molar-refractivity contribution in [3.8, 4) is 11.5 Å². The fraction of sp³-hybridized carbons (Fsp3) is 0.308. The number of carbonyl (C=O) groups excluding carboxylic acids is 1. The summed E-state index contributed by atoms with van der Waals surface area (Å²) in [5.41, 5.74) is 2.55. The highest BCUT2D eigenvalue weighted by atomic mass is 32.1. The maximum atomic E-state index is 12.8. The van der Waals surface area contributed by atoms with Gasteiger partial charge in [0.25, 0.3) is 0 Å². The van der Waals surface area contributed by atoms with Crippen molar-refractivity contribution < 1.29 is 14.7 Å². The highest BCUT2D eigenvalue weighted by Crippen LogP contribution is 2.39. The summed E-state index contributed by atoms with van der Waals surface area (Å²) >= 11 is 1.57. The van der Waals surface area contributed by atoms with Gasteiger partial charge in [0.1, 0.15) is 5.69 Å². The number of ketones is 1. The largest absolute Gasteiger partial charge is 0.478 e. The van der Waals surface area contributed by atoms with Gasteiger partial charge >= 0.3 is 5.97 Å². The molecule has 1 saturated carbocycles. The first-order chi connectivity index (χ1) is 16.0. The molecule has 0 radical (unpaired) electrons. The summed E-state index contributed by atoms with van der Waals surface area (Å²) in [5, 5.41) is 9.42. The van der Waals surface area contributed by atoms with Crippen LogP contribution in [0.25, 0.3) is 22.6 Å². The number of aromatic nitrogens is 3. The highest BCUT2D eigenvalue weighted by molar-refractivity contribution is 7.14. The topological polar surface area (TPSA) is 85.1 Å². The van der Waals surface area contributed by atoms with Crippen LogP contribution in [0.1, 0.15) is 63.1 Å². The number of rotatable bonds is 6. The zero-order valence-electron chi connectivity index (χ0n) is 18.4. The van der Waals surface area contributed by atoms with Gasteiger partial charge in [0.2, 0.25) is 0 Å². The number of nitrogens with zero attached hydrogens (tertiary/aromatic N) is 3. The SMILES string of the molecule is Cc1ccc(C(=O)C[C@H]2CCC[C@@H](n3c(-c4ccccn4)nc4cc(C(=O)O)ccc43)C2)s1. The Kier molecular flexibility index (Phi) is 5.81. The number of hydrogen-bond acceptors (Lipinski definition) is 5. The second-order valence-electron chi connectivity index (χ2n) is 8.75.